The molecule has 3 aliphatic rings. The van der Waals surface area contributed by atoms with Crippen molar-refractivity contribution in [3.63, 3.8) is 0 Å². The first-order valence-electron chi connectivity index (χ1n) is 12.5. The molecule has 4 unspecified atom stereocenters. The molecule has 10 nitrogen and oxygen atoms in total. The zero-order valence-corrected chi connectivity index (χ0v) is 19.9. The van der Waals surface area contributed by atoms with Crippen LogP contribution in [-0.4, -0.2) is 44.4 Å². The molecular formula is C26H29N6O4-. The number of pyridine rings is 1. The number of carbonyl (C=O) groups excluding carboxylic acids is 1. The van der Waals surface area contributed by atoms with Gasteiger partial charge in [-0.1, -0.05) is 6.07 Å². The van der Waals surface area contributed by atoms with Crippen molar-refractivity contribution in [2.75, 3.05) is 23.2 Å². The fourth-order valence-corrected chi connectivity index (χ4v) is 6.48. The maximum absolute atomic E-state index is 13.6. The average Bonchev–Trinajstić information content (AvgIpc) is 3.40. The average molecular weight is 490 g/mol. The van der Waals surface area contributed by atoms with Crippen LogP contribution in [0.15, 0.2) is 59.9 Å². The number of hydrogen-bond acceptors (Lipinski definition) is 7. The van der Waals surface area contributed by atoms with Gasteiger partial charge in [0.25, 0.3) is 5.56 Å². The van der Waals surface area contributed by atoms with Crippen molar-refractivity contribution in [1.29, 1.82) is 0 Å². The maximum Gasteiger partial charge on any atom is 0.250 e. The molecule has 0 aliphatic carbocycles. The standard InChI is InChI=1S/C26H29N6O4/c33-24-4-1-3-22-18-11-19(15-30(22)24)25-21(26(34)28-7-2-9-29-10-8-27-16-29)13-17-12-20(32(35)36)5-6-23(17)31(25)14-18/h1,3-6,8,10,12,16,18-19,21,25,35H,2,7,9,11,13-15H2,(H,28,34)/q-1. The fraction of sp³-hybridized carbons (Fsp3) is 0.423. The van der Waals surface area contributed by atoms with Gasteiger partial charge < -0.3 is 29.8 Å². The summed E-state index contributed by atoms with van der Waals surface area (Å²) in [5.74, 6) is -0.00184. The van der Waals surface area contributed by atoms with E-state index in [9.17, 15) is 20.0 Å². The maximum atomic E-state index is 13.6. The predicted octanol–water partition coefficient (Wildman–Crippen LogP) is 2.11. The lowest BCUT2D eigenvalue weighted by Crippen LogP contribution is -2.61. The van der Waals surface area contributed by atoms with E-state index in [1.54, 1.807) is 30.7 Å². The largest absolute Gasteiger partial charge is 0.733 e. The highest BCUT2D eigenvalue weighted by molar-refractivity contribution is 5.82. The quantitative estimate of drug-likeness (QED) is 0.402. The Balaban J connectivity index is 1.30. The van der Waals surface area contributed by atoms with Gasteiger partial charge in [-0.2, -0.15) is 0 Å². The molecule has 2 bridgehead atoms. The minimum Gasteiger partial charge on any atom is -0.733 e. The monoisotopic (exact) mass is 489 g/mol. The number of nitrogens with zero attached hydrogens (tertiary/aromatic N) is 5. The van der Waals surface area contributed by atoms with Gasteiger partial charge in [-0.05, 0) is 55.0 Å². The van der Waals surface area contributed by atoms with Crippen LogP contribution in [0.1, 0.15) is 30.0 Å². The molecule has 2 N–H and O–H groups in total. The van der Waals surface area contributed by atoms with Crippen molar-refractivity contribution >= 4 is 17.3 Å². The summed E-state index contributed by atoms with van der Waals surface area (Å²) in [6.07, 6.45) is 7.60. The number of anilines is 2. The minimum atomic E-state index is -0.327. The normalized spacial score (nSPS) is 23.9. The smallest absolute Gasteiger partial charge is 0.250 e. The molecule has 3 aromatic rings. The second kappa shape index (κ2) is 9.11. The molecule has 1 amide bonds. The van der Waals surface area contributed by atoms with Crippen molar-refractivity contribution in [2.45, 2.75) is 44.3 Å². The van der Waals surface area contributed by atoms with Crippen molar-refractivity contribution in [2.24, 2.45) is 11.8 Å². The molecule has 4 atom stereocenters. The third-order valence-electron chi connectivity index (χ3n) is 8.00. The summed E-state index contributed by atoms with van der Waals surface area (Å²) in [5, 5.41) is 24.0. The Kier molecular flexibility index (Phi) is 5.77. The van der Waals surface area contributed by atoms with E-state index in [1.165, 1.54) is 0 Å². The molecule has 3 aliphatic heterocycles. The summed E-state index contributed by atoms with van der Waals surface area (Å²) in [4.78, 5) is 32.6. The number of imidazole rings is 1. The lowest BCUT2D eigenvalue weighted by Gasteiger charge is -2.54. The summed E-state index contributed by atoms with van der Waals surface area (Å²) in [6, 6.07) is 10.6. The third-order valence-corrected chi connectivity index (χ3v) is 8.00. The third kappa shape index (κ3) is 3.96. The van der Waals surface area contributed by atoms with Crippen LogP contribution in [-0.2, 0) is 24.3 Å². The number of amides is 1. The van der Waals surface area contributed by atoms with E-state index >= 15 is 0 Å². The summed E-state index contributed by atoms with van der Waals surface area (Å²) < 4.78 is 3.87. The van der Waals surface area contributed by atoms with Crippen LogP contribution in [0.25, 0.3) is 0 Å². The van der Waals surface area contributed by atoms with E-state index in [0.29, 0.717) is 26.1 Å². The van der Waals surface area contributed by atoms with Gasteiger partial charge in [0, 0.05) is 68.0 Å². The zero-order chi connectivity index (χ0) is 24.8. The Morgan fingerprint density at radius 1 is 1.25 bits per heavy atom. The van der Waals surface area contributed by atoms with Crippen LogP contribution in [0.4, 0.5) is 11.4 Å². The summed E-state index contributed by atoms with van der Waals surface area (Å²) in [6.45, 7) is 2.61. The van der Waals surface area contributed by atoms with E-state index in [0.717, 1.165) is 36.3 Å². The van der Waals surface area contributed by atoms with Crippen LogP contribution >= 0.6 is 0 Å². The molecule has 1 saturated heterocycles. The van der Waals surface area contributed by atoms with Crippen LogP contribution in [0.5, 0.6) is 0 Å². The topological polar surface area (TPSA) is 119 Å². The van der Waals surface area contributed by atoms with Crippen molar-refractivity contribution < 1.29 is 10.0 Å². The second-order valence-electron chi connectivity index (χ2n) is 10.1. The van der Waals surface area contributed by atoms with Gasteiger partial charge in [0.15, 0.2) is 0 Å². The minimum absolute atomic E-state index is 0.00971. The van der Waals surface area contributed by atoms with E-state index in [4.69, 9.17) is 0 Å². The van der Waals surface area contributed by atoms with E-state index in [2.05, 4.69) is 15.2 Å². The first-order chi connectivity index (χ1) is 17.5. The van der Waals surface area contributed by atoms with Crippen molar-refractivity contribution in [3.05, 3.63) is 81.9 Å². The number of hydrogen-bond donors (Lipinski definition) is 2. The second-order valence-corrected chi connectivity index (χ2v) is 10.1. The SMILES string of the molecule is O=C(NCCCn1ccnc1)C1Cc2cc(N([O-])O)ccc2N2CC3CC(Cn4c3cccc4=O)C12. The lowest BCUT2D eigenvalue weighted by molar-refractivity contribution is -0.126. The Labute approximate surface area is 208 Å². The van der Waals surface area contributed by atoms with E-state index in [-0.39, 0.29) is 46.2 Å². The van der Waals surface area contributed by atoms with Gasteiger partial charge in [0.2, 0.25) is 5.91 Å². The highest BCUT2D eigenvalue weighted by Gasteiger charge is 2.49. The van der Waals surface area contributed by atoms with Gasteiger partial charge in [-0.3, -0.25) is 14.8 Å². The molecule has 2 aromatic heterocycles. The lowest BCUT2D eigenvalue weighted by atomic mass is 9.70. The Hall–Kier alpha value is -3.63. The van der Waals surface area contributed by atoms with E-state index < -0.39 is 0 Å². The van der Waals surface area contributed by atoms with Gasteiger partial charge in [0.1, 0.15) is 0 Å². The Morgan fingerprint density at radius 2 is 2.14 bits per heavy atom. The molecule has 1 aromatic carbocycles. The number of aryl methyl sites for hydroxylation is 1. The highest BCUT2D eigenvalue weighted by Crippen LogP contribution is 2.47. The van der Waals surface area contributed by atoms with E-state index in [1.807, 2.05) is 33.5 Å². The van der Waals surface area contributed by atoms with Gasteiger partial charge >= 0.3 is 0 Å². The van der Waals surface area contributed by atoms with Gasteiger partial charge in [-0.25, -0.2) is 4.98 Å². The van der Waals surface area contributed by atoms with Crippen molar-refractivity contribution in [3.8, 4) is 0 Å². The molecule has 10 heteroatoms. The number of aromatic nitrogens is 3. The molecule has 188 valence electrons. The molecule has 36 heavy (non-hydrogen) atoms. The fourth-order valence-electron chi connectivity index (χ4n) is 6.48. The zero-order valence-electron chi connectivity index (χ0n) is 19.9. The molecule has 0 saturated carbocycles. The Bertz CT molecular complexity index is 1320. The van der Waals surface area contributed by atoms with Gasteiger partial charge in [0.05, 0.1) is 17.9 Å². The van der Waals surface area contributed by atoms with Crippen LogP contribution in [0.3, 0.4) is 0 Å². The molecule has 5 heterocycles. The number of fused-ring (bicyclic) bond motifs is 8. The molecule has 0 radical (unpaired) electrons. The molecule has 0 spiro atoms. The Morgan fingerprint density at radius 3 is 2.94 bits per heavy atom. The highest BCUT2D eigenvalue weighted by atomic mass is 16.8. The molecule has 6 rings (SSSR count). The van der Waals surface area contributed by atoms with Crippen molar-refractivity contribution in [1.82, 2.24) is 19.4 Å². The summed E-state index contributed by atoms with van der Waals surface area (Å²) in [5.41, 5.74) is 3.08. The number of nitrogens with one attached hydrogen (secondary N) is 1. The van der Waals surface area contributed by atoms with Crippen LogP contribution in [0.2, 0.25) is 0 Å². The number of rotatable bonds is 6. The summed E-state index contributed by atoms with van der Waals surface area (Å²) >= 11 is 0. The molecular weight excluding hydrogens is 460 g/mol. The van der Waals surface area contributed by atoms with Crippen LogP contribution < -0.4 is 21.0 Å². The van der Waals surface area contributed by atoms with Crippen LogP contribution in [0, 0.1) is 17.0 Å². The first kappa shape index (κ1) is 22.8. The number of piperidine rings is 1. The predicted molar refractivity (Wildman–Crippen MR) is 134 cm³/mol. The van der Waals surface area contributed by atoms with Gasteiger partial charge in [-0.15, -0.1) is 0 Å². The molecule has 1 fully saturated rings. The number of benzene rings is 1. The summed E-state index contributed by atoms with van der Waals surface area (Å²) in [7, 11) is 0. The first-order valence-corrected chi connectivity index (χ1v) is 12.5. The number of carbonyl (C=O) groups is 1.